The summed E-state index contributed by atoms with van der Waals surface area (Å²) in [4.78, 5) is 67.8. The van der Waals surface area contributed by atoms with Crippen LogP contribution < -0.4 is 11.1 Å². The minimum absolute atomic E-state index is 0.0371. The van der Waals surface area contributed by atoms with Gasteiger partial charge in [-0.05, 0) is 48.7 Å². The molecule has 3 N–H and O–H groups in total. The first-order chi connectivity index (χ1) is 16.8. The van der Waals surface area contributed by atoms with Gasteiger partial charge in [0.05, 0.1) is 6.54 Å². The molecule has 4 heterocycles. The average molecular weight is 482 g/mol. The van der Waals surface area contributed by atoms with Gasteiger partial charge in [0.25, 0.3) is 5.91 Å². The highest BCUT2D eigenvalue weighted by Crippen LogP contribution is 2.30. The molecule has 0 aliphatic carbocycles. The van der Waals surface area contributed by atoms with Crippen molar-refractivity contribution in [3.8, 4) is 0 Å². The number of fused-ring (bicyclic) bond motifs is 1. The molecule has 5 amide bonds. The highest BCUT2D eigenvalue weighted by atomic mass is 16.7. The smallest absolute Gasteiger partial charge is 0.343 e. The number of hydrogen-bond acceptors (Lipinski definition) is 7. The van der Waals surface area contributed by atoms with Crippen molar-refractivity contribution in [3.05, 3.63) is 60.2 Å². The summed E-state index contributed by atoms with van der Waals surface area (Å²) >= 11 is 0. The van der Waals surface area contributed by atoms with Gasteiger partial charge in [-0.1, -0.05) is 0 Å². The van der Waals surface area contributed by atoms with Crippen LogP contribution in [0, 0.1) is 0 Å². The fourth-order valence-electron chi connectivity index (χ4n) is 4.23. The Bertz CT molecular complexity index is 1080. The van der Waals surface area contributed by atoms with Gasteiger partial charge in [0.2, 0.25) is 11.8 Å². The lowest BCUT2D eigenvalue weighted by atomic mass is 10.0. The fourth-order valence-corrected chi connectivity index (χ4v) is 4.23. The quantitative estimate of drug-likeness (QED) is 0.571. The fraction of sp³-hybridized carbons (Fsp3) is 0.391. The second-order valence-corrected chi connectivity index (χ2v) is 8.41. The van der Waals surface area contributed by atoms with E-state index in [1.54, 1.807) is 54.0 Å². The van der Waals surface area contributed by atoms with Crippen LogP contribution in [-0.4, -0.2) is 73.4 Å². The highest BCUT2D eigenvalue weighted by Gasteiger charge is 2.51. The minimum Gasteiger partial charge on any atom is -0.370 e. The number of piperazine rings is 1. The van der Waals surface area contributed by atoms with Crippen LogP contribution in [0.2, 0.25) is 0 Å². The number of nitrogens with two attached hydrogens (primary N) is 1. The number of rotatable bonds is 7. The molecule has 4 rings (SSSR count). The van der Waals surface area contributed by atoms with Gasteiger partial charge in [0, 0.05) is 44.3 Å². The van der Waals surface area contributed by atoms with E-state index in [4.69, 9.17) is 10.6 Å². The molecule has 0 radical (unpaired) electrons. The SMILES string of the molecule is C[C@H]1ON(C(=O)NCc2ccncc2)C2CN(Cc3ccncc3)C(=O)[C@H](CCC(N)=O)N2C1=O. The number of urea groups is 1. The van der Waals surface area contributed by atoms with E-state index >= 15 is 0 Å². The summed E-state index contributed by atoms with van der Waals surface area (Å²) in [5.41, 5.74) is 7.01. The first-order valence-corrected chi connectivity index (χ1v) is 11.3. The van der Waals surface area contributed by atoms with Gasteiger partial charge in [0.15, 0.2) is 12.3 Å². The van der Waals surface area contributed by atoms with Crippen molar-refractivity contribution in [1.82, 2.24) is 30.1 Å². The zero-order chi connectivity index (χ0) is 24.9. The van der Waals surface area contributed by atoms with Gasteiger partial charge >= 0.3 is 6.03 Å². The van der Waals surface area contributed by atoms with Crippen LogP contribution in [0.1, 0.15) is 30.9 Å². The number of nitrogens with one attached hydrogen (secondary N) is 1. The summed E-state index contributed by atoms with van der Waals surface area (Å²) < 4.78 is 0. The van der Waals surface area contributed by atoms with E-state index in [1.165, 1.54) is 11.8 Å². The third-order valence-corrected chi connectivity index (χ3v) is 5.96. The zero-order valence-electron chi connectivity index (χ0n) is 19.2. The Morgan fingerprint density at radius 1 is 1.06 bits per heavy atom. The first-order valence-electron chi connectivity index (χ1n) is 11.3. The number of hydroxylamine groups is 2. The molecule has 0 aromatic carbocycles. The van der Waals surface area contributed by atoms with E-state index in [0.717, 1.165) is 16.2 Å². The Balaban J connectivity index is 1.60. The summed E-state index contributed by atoms with van der Waals surface area (Å²) in [6, 6.07) is 5.58. The number of aromatic nitrogens is 2. The van der Waals surface area contributed by atoms with Crippen LogP contribution in [0.3, 0.4) is 0 Å². The topological polar surface area (TPSA) is 151 Å². The number of carbonyl (C=O) groups is 4. The van der Waals surface area contributed by atoms with Crippen LogP contribution in [0.5, 0.6) is 0 Å². The number of nitrogens with zero attached hydrogens (tertiary/aromatic N) is 5. The number of carbonyl (C=O) groups excluding carboxylic acids is 4. The molecule has 0 spiro atoms. The highest BCUT2D eigenvalue weighted by molar-refractivity contribution is 5.92. The van der Waals surface area contributed by atoms with Crippen LogP contribution in [0.25, 0.3) is 0 Å². The monoisotopic (exact) mass is 481 g/mol. The van der Waals surface area contributed by atoms with E-state index in [-0.39, 0.29) is 38.4 Å². The Morgan fingerprint density at radius 3 is 2.31 bits per heavy atom. The lowest BCUT2D eigenvalue weighted by molar-refractivity contribution is -0.257. The van der Waals surface area contributed by atoms with Crippen molar-refractivity contribution >= 4 is 23.8 Å². The van der Waals surface area contributed by atoms with Crippen molar-refractivity contribution in [2.75, 3.05) is 6.54 Å². The maximum absolute atomic E-state index is 13.4. The lowest BCUT2D eigenvalue weighted by Gasteiger charge is -2.52. The third kappa shape index (κ3) is 5.38. The van der Waals surface area contributed by atoms with Gasteiger partial charge in [-0.25, -0.2) is 4.79 Å². The summed E-state index contributed by atoms with van der Waals surface area (Å²) in [5, 5.41) is 3.90. The van der Waals surface area contributed by atoms with Gasteiger partial charge in [-0.15, -0.1) is 0 Å². The summed E-state index contributed by atoms with van der Waals surface area (Å²) in [6.07, 6.45) is 4.57. The molecule has 12 heteroatoms. The molecule has 2 aliphatic heterocycles. The molecule has 2 aromatic rings. The Hall–Kier alpha value is -4.06. The molecule has 0 bridgehead atoms. The van der Waals surface area contributed by atoms with Crippen molar-refractivity contribution in [1.29, 1.82) is 0 Å². The normalized spacial score (nSPS) is 22.1. The average Bonchev–Trinajstić information content (AvgIpc) is 2.86. The van der Waals surface area contributed by atoms with Crippen LogP contribution in [-0.2, 0) is 32.3 Å². The van der Waals surface area contributed by atoms with Gasteiger partial charge < -0.3 is 20.9 Å². The Morgan fingerprint density at radius 2 is 1.69 bits per heavy atom. The maximum atomic E-state index is 13.4. The second-order valence-electron chi connectivity index (χ2n) is 8.41. The molecular weight excluding hydrogens is 454 g/mol. The number of amides is 5. The molecule has 1 unspecified atom stereocenters. The largest absolute Gasteiger partial charge is 0.370 e. The Labute approximate surface area is 202 Å². The van der Waals surface area contributed by atoms with E-state index in [0.29, 0.717) is 0 Å². The Kier molecular flexibility index (Phi) is 7.20. The maximum Gasteiger partial charge on any atom is 0.343 e. The van der Waals surface area contributed by atoms with Gasteiger partial charge in [0.1, 0.15) is 6.04 Å². The summed E-state index contributed by atoms with van der Waals surface area (Å²) in [7, 11) is 0. The van der Waals surface area contributed by atoms with Crippen molar-refractivity contribution in [3.63, 3.8) is 0 Å². The molecule has 2 saturated heterocycles. The van der Waals surface area contributed by atoms with Crippen LogP contribution in [0.15, 0.2) is 49.1 Å². The van der Waals surface area contributed by atoms with Crippen LogP contribution in [0.4, 0.5) is 4.79 Å². The van der Waals surface area contributed by atoms with Crippen molar-refractivity contribution in [2.24, 2.45) is 5.73 Å². The van der Waals surface area contributed by atoms with E-state index < -0.39 is 36.2 Å². The van der Waals surface area contributed by atoms with Gasteiger partial charge in [-0.3, -0.25) is 29.2 Å². The van der Waals surface area contributed by atoms with Crippen molar-refractivity contribution in [2.45, 2.75) is 51.2 Å². The zero-order valence-corrected chi connectivity index (χ0v) is 19.2. The van der Waals surface area contributed by atoms with E-state index in [2.05, 4.69) is 15.3 Å². The molecular formula is C23H27N7O5. The standard InChI is InChI=1S/C23H27N7O5/c1-15-21(32)29-18(2-3-19(24)31)22(33)28(13-17-6-10-26-11-7-17)14-20(29)30(35-15)23(34)27-12-16-4-8-25-9-5-16/h4-11,15,18,20H,2-3,12-14H2,1H3,(H2,24,31)(H,27,34)/t15-,18+,20?/m1/s1. The molecule has 12 nitrogen and oxygen atoms in total. The first kappa shape index (κ1) is 24.1. The molecule has 0 saturated carbocycles. The molecule has 184 valence electrons. The van der Waals surface area contributed by atoms with Crippen molar-refractivity contribution < 1.29 is 24.0 Å². The predicted octanol–water partition coefficient (Wildman–Crippen LogP) is 0.153. The van der Waals surface area contributed by atoms with Gasteiger partial charge in [-0.2, -0.15) is 5.06 Å². The lowest BCUT2D eigenvalue weighted by Crippen LogP contribution is -2.73. The second kappa shape index (κ2) is 10.5. The van der Waals surface area contributed by atoms with E-state index in [9.17, 15) is 19.2 Å². The number of primary amides is 1. The summed E-state index contributed by atoms with van der Waals surface area (Å²) in [6.45, 7) is 2.02. The van der Waals surface area contributed by atoms with E-state index in [1.807, 2.05) is 0 Å². The minimum atomic E-state index is -0.992. The number of hydrogen-bond donors (Lipinski definition) is 2. The summed E-state index contributed by atoms with van der Waals surface area (Å²) in [5.74, 6) is -1.33. The number of pyridine rings is 2. The van der Waals surface area contributed by atoms with Crippen LogP contribution >= 0.6 is 0 Å². The molecule has 3 atom stereocenters. The molecule has 35 heavy (non-hydrogen) atoms. The predicted molar refractivity (Wildman–Crippen MR) is 121 cm³/mol. The molecule has 2 aliphatic rings. The molecule has 2 aromatic heterocycles. The molecule has 2 fully saturated rings. The third-order valence-electron chi connectivity index (χ3n) is 5.96.